The van der Waals surface area contributed by atoms with Crippen molar-refractivity contribution in [2.75, 3.05) is 0 Å². The zero-order valence-corrected chi connectivity index (χ0v) is 39.8. The summed E-state index contributed by atoms with van der Waals surface area (Å²) in [5.74, 6) is 0. The summed E-state index contributed by atoms with van der Waals surface area (Å²) in [7, 11) is 0. The second kappa shape index (κ2) is 28.7. The molecule has 5 rings (SSSR count). The van der Waals surface area contributed by atoms with Gasteiger partial charge in [0.15, 0.2) is 0 Å². The van der Waals surface area contributed by atoms with Gasteiger partial charge in [0.1, 0.15) is 11.4 Å². The number of pyridine rings is 4. The molecular formula is C49H42F6N8O6RuS. The molecule has 0 saturated heterocycles. The van der Waals surface area contributed by atoms with E-state index in [1.807, 2.05) is 12.1 Å². The van der Waals surface area contributed by atoms with E-state index in [1.54, 1.807) is 90.5 Å². The molecule has 0 aliphatic carbocycles. The van der Waals surface area contributed by atoms with Crippen LogP contribution < -0.4 is 0 Å². The zero-order chi connectivity index (χ0) is 51.1. The third-order valence-electron chi connectivity index (χ3n) is 9.11. The first-order valence-corrected chi connectivity index (χ1v) is 21.4. The fraction of sp³-hybridized carbons (Fsp3) is 0.163. The number of rotatable bonds is 22. The van der Waals surface area contributed by atoms with Gasteiger partial charge < -0.3 is 25.7 Å². The van der Waals surface area contributed by atoms with Gasteiger partial charge in [0.2, 0.25) is 0 Å². The summed E-state index contributed by atoms with van der Waals surface area (Å²) < 4.78 is 90.3. The van der Waals surface area contributed by atoms with Gasteiger partial charge in [0.25, 0.3) is 19.4 Å². The number of ether oxygens (including phenoxy) is 3. The SMILES string of the molecule is CCCCCCc1ccc(/C=C/c2cc(/C([NH-])=C/C(=N)C(F)(F)F)nc(/C([NH-])=C/C(=N)C(F)(F)F)c2)s1.O=CO/C=C/c1ccnc(-c2cc(/C=C/OC=O)cc(-c3cc(/C=C/OC=O)ccn3)n2)c1.[Ru+2]. The molecule has 0 unspecified atom stereocenters. The second-order valence-electron chi connectivity index (χ2n) is 14.3. The quantitative estimate of drug-likeness (QED) is 0.0127. The van der Waals surface area contributed by atoms with Crippen LogP contribution in [0.3, 0.4) is 0 Å². The third-order valence-corrected chi connectivity index (χ3v) is 10.2. The van der Waals surface area contributed by atoms with E-state index < -0.39 is 35.2 Å². The average Bonchev–Trinajstić information content (AvgIpc) is 3.79. The van der Waals surface area contributed by atoms with E-state index >= 15 is 0 Å². The molecule has 71 heavy (non-hydrogen) atoms. The molecule has 0 aliphatic rings. The Hall–Kier alpha value is -7.71. The molecule has 5 heterocycles. The van der Waals surface area contributed by atoms with Crippen LogP contribution in [0.2, 0.25) is 0 Å². The van der Waals surface area contributed by atoms with Crippen molar-refractivity contribution in [3.63, 3.8) is 0 Å². The van der Waals surface area contributed by atoms with Crippen LogP contribution in [0, 0.1) is 10.8 Å². The van der Waals surface area contributed by atoms with Gasteiger partial charge in [-0.05, 0) is 132 Å². The van der Waals surface area contributed by atoms with E-state index in [1.165, 1.54) is 35.8 Å². The van der Waals surface area contributed by atoms with Crippen LogP contribution in [0.5, 0.6) is 0 Å². The molecule has 5 aromatic rings. The number of allylic oxidation sites excluding steroid dienone is 2. The number of aromatic nitrogens is 4. The Morgan fingerprint density at radius 3 is 1.49 bits per heavy atom. The molecule has 370 valence electrons. The summed E-state index contributed by atoms with van der Waals surface area (Å²) in [6, 6.07) is 16.9. The number of hydrogen-bond donors (Lipinski definition) is 2. The van der Waals surface area contributed by atoms with Crippen molar-refractivity contribution >= 4 is 84.0 Å². The summed E-state index contributed by atoms with van der Waals surface area (Å²) in [6.07, 6.45) is 10.9. The first kappa shape index (κ1) is 57.6. The normalized spacial score (nSPS) is 12.1. The maximum absolute atomic E-state index is 12.7. The van der Waals surface area contributed by atoms with Crippen LogP contribution in [0.25, 0.3) is 76.0 Å². The van der Waals surface area contributed by atoms with Gasteiger partial charge in [-0.15, -0.1) is 22.7 Å². The number of halogens is 6. The smallest absolute Gasteiger partial charge is 0.697 e. The monoisotopic (exact) mass is 1090 g/mol. The number of carbonyl (C=O) groups is 3. The van der Waals surface area contributed by atoms with Gasteiger partial charge in [0.05, 0.1) is 41.6 Å². The van der Waals surface area contributed by atoms with Crippen molar-refractivity contribution in [3.05, 3.63) is 159 Å². The fourth-order valence-electron chi connectivity index (χ4n) is 5.79. The second-order valence-corrected chi connectivity index (χ2v) is 15.5. The van der Waals surface area contributed by atoms with E-state index in [9.17, 15) is 40.7 Å². The van der Waals surface area contributed by atoms with Crippen LogP contribution in [0.1, 0.15) is 76.0 Å². The van der Waals surface area contributed by atoms with Crippen molar-refractivity contribution in [1.82, 2.24) is 19.9 Å². The molecular weight excluding hydrogens is 1040 g/mol. The van der Waals surface area contributed by atoms with Crippen molar-refractivity contribution in [3.8, 4) is 22.8 Å². The molecule has 0 bridgehead atoms. The molecule has 5 aromatic heterocycles. The van der Waals surface area contributed by atoms with Gasteiger partial charge in [-0.1, -0.05) is 32.3 Å². The topological polar surface area (TPSA) is 226 Å². The summed E-state index contributed by atoms with van der Waals surface area (Å²) >= 11 is 1.55. The van der Waals surface area contributed by atoms with Crippen LogP contribution >= 0.6 is 11.3 Å². The van der Waals surface area contributed by atoms with Crippen LogP contribution in [0.4, 0.5) is 26.3 Å². The number of unbranched alkanes of at least 4 members (excludes halogenated alkanes) is 3. The number of aryl methyl sites for hydroxylation is 1. The Morgan fingerprint density at radius 1 is 0.592 bits per heavy atom. The van der Waals surface area contributed by atoms with Crippen molar-refractivity contribution < 1.29 is 74.4 Å². The number of nitrogens with zero attached hydrogens (tertiary/aromatic N) is 4. The standard InChI is InChI=1S/C25H25F6N5S.C24H17N3O6.Ru/c1-2-3-4-5-6-16-9-10-17(37-16)8-7-15-11-20(18(32)13-22(34)24(26,27)28)36-21(12-15)19(33)14-23(35)25(29,30)31;28-15-31-8-3-18-1-6-25-21(11-18)23-13-20(5-10-33-17-30)14-24(27-23)22-12-19(2-7-26-22)4-9-32-16-29;/h7-14,32-35H,2-6H2,1H3;1-17H;/q-2;;+2/b8-7+,18-13-,19-14-,34-22?,35-23?;8-3+,9-4+,10-5+;. The molecule has 0 atom stereocenters. The first-order chi connectivity index (χ1) is 33.4. The molecule has 0 aromatic carbocycles. The van der Waals surface area contributed by atoms with E-state index in [4.69, 9.17) is 22.3 Å². The number of hydrogen-bond acceptors (Lipinski definition) is 13. The summed E-state index contributed by atoms with van der Waals surface area (Å²) in [5.41, 5.74) is 14.6. The largest absolute Gasteiger partial charge is 2.00 e. The molecule has 22 heteroatoms. The molecule has 0 aliphatic heterocycles. The minimum atomic E-state index is -5.00. The van der Waals surface area contributed by atoms with Gasteiger partial charge >= 0.3 is 31.8 Å². The van der Waals surface area contributed by atoms with Gasteiger partial charge in [0, 0.05) is 33.5 Å². The Labute approximate surface area is 420 Å². The first-order valence-electron chi connectivity index (χ1n) is 20.6. The minimum Gasteiger partial charge on any atom is -0.697 e. The van der Waals surface area contributed by atoms with Crippen LogP contribution in [-0.2, 0) is 54.5 Å². The maximum atomic E-state index is 12.7. The Kier molecular flexibility index (Phi) is 23.3. The molecule has 14 nitrogen and oxygen atoms in total. The van der Waals surface area contributed by atoms with Gasteiger partial charge in [-0.25, -0.2) is 4.98 Å². The number of nitrogens with one attached hydrogen (secondary N) is 4. The van der Waals surface area contributed by atoms with E-state index in [-0.39, 0.29) is 48.6 Å². The minimum absolute atomic E-state index is 0. The molecule has 0 saturated carbocycles. The van der Waals surface area contributed by atoms with E-state index in [0.717, 1.165) is 48.1 Å². The Morgan fingerprint density at radius 2 is 1.04 bits per heavy atom. The summed E-state index contributed by atoms with van der Waals surface area (Å²) in [6.45, 7) is 3.09. The molecule has 0 spiro atoms. The maximum Gasteiger partial charge on any atom is 2.00 e. The predicted molar refractivity (Wildman–Crippen MR) is 257 cm³/mol. The number of alkyl halides is 6. The average molecular weight is 1090 g/mol. The van der Waals surface area contributed by atoms with Gasteiger partial charge in [-0.2, -0.15) is 26.3 Å². The van der Waals surface area contributed by atoms with Gasteiger partial charge in [-0.3, -0.25) is 40.2 Å². The molecule has 0 amide bonds. The van der Waals surface area contributed by atoms with E-state index in [0.29, 0.717) is 47.8 Å². The Balaban J connectivity index is 0.000000372. The van der Waals surface area contributed by atoms with Crippen molar-refractivity contribution in [2.45, 2.75) is 51.4 Å². The molecule has 0 radical (unpaired) electrons. The molecule has 4 N–H and O–H groups in total. The van der Waals surface area contributed by atoms with E-state index in [2.05, 4.69) is 41.1 Å². The summed E-state index contributed by atoms with van der Waals surface area (Å²) in [4.78, 5) is 50.5. The van der Waals surface area contributed by atoms with Crippen molar-refractivity contribution in [2.24, 2.45) is 0 Å². The Bertz CT molecular complexity index is 2680. The fourth-order valence-corrected chi connectivity index (χ4v) is 6.75. The third kappa shape index (κ3) is 19.7. The summed E-state index contributed by atoms with van der Waals surface area (Å²) in [5, 5.41) is 14.2. The number of carbonyl (C=O) groups excluding carboxylic acids is 3. The van der Waals surface area contributed by atoms with Crippen LogP contribution in [-0.4, -0.2) is 63.1 Å². The van der Waals surface area contributed by atoms with Crippen LogP contribution in [0.15, 0.2) is 104 Å². The predicted octanol–water partition coefficient (Wildman–Crippen LogP) is 13.0. The zero-order valence-electron chi connectivity index (χ0n) is 37.2. The van der Waals surface area contributed by atoms with Crippen molar-refractivity contribution in [1.29, 1.82) is 10.8 Å². The molecule has 0 fully saturated rings. The number of thiophene rings is 1.